The fourth-order valence-corrected chi connectivity index (χ4v) is 2.86. The average Bonchev–Trinajstić information content (AvgIpc) is 2.77. The van der Waals surface area contributed by atoms with E-state index in [1.54, 1.807) is 0 Å². The number of aromatic nitrogens is 2. The maximum Gasteiger partial charge on any atom is 0.316 e. The van der Waals surface area contributed by atoms with E-state index in [2.05, 4.69) is 10.2 Å². The predicted molar refractivity (Wildman–Crippen MR) is 71.7 cm³/mol. The van der Waals surface area contributed by atoms with Crippen molar-refractivity contribution in [2.45, 2.75) is 25.7 Å². The Bertz CT molecular complexity index is 631. The van der Waals surface area contributed by atoms with Crippen molar-refractivity contribution >= 4 is 5.97 Å². The van der Waals surface area contributed by atoms with Gasteiger partial charge in [-0.3, -0.25) is 9.89 Å². The highest BCUT2D eigenvalue weighted by Gasteiger charge is 2.68. The molecular formula is C15H16N2O2. The molecule has 0 saturated heterocycles. The van der Waals surface area contributed by atoms with Gasteiger partial charge >= 0.3 is 5.97 Å². The molecule has 1 atom stereocenters. The zero-order valence-corrected chi connectivity index (χ0v) is 11.0. The van der Waals surface area contributed by atoms with E-state index >= 15 is 0 Å². The highest BCUT2D eigenvalue weighted by Crippen LogP contribution is 2.64. The van der Waals surface area contributed by atoms with Crippen LogP contribution in [0.15, 0.2) is 36.4 Å². The second kappa shape index (κ2) is 3.70. The molecule has 4 heteroatoms. The van der Waals surface area contributed by atoms with E-state index in [4.69, 9.17) is 0 Å². The van der Waals surface area contributed by atoms with Crippen LogP contribution < -0.4 is 0 Å². The van der Waals surface area contributed by atoms with Crippen LogP contribution in [0.3, 0.4) is 0 Å². The summed E-state index contributed by atoms with van der Waals surface area (Å²) in [5.74, 6) is -0.777. The SMILES string of the molecule is CC1(C)CC1(C(=O)O)c1cc(-c2ccccc2)n[nH]1. The Kier molecular flexibility index (Phi) is 2.33. The van der Waals surface area contributed by atoms with Gasteiger partial charge in [0.15, 0.2) is 0 Å². The summed E-state index contributed by atoms with van der Waals surface area (Å²) in [5.41, 5.74) is 1.44. The van der Waals surface area contributed by atoms with E-state index in [0.717, 1.165) is 11.3 Å². The molecule has 19 heavy (non-hydrogen) atoms. The van der Waals surface area contributed by atoms with E-state index in [-0.39, 0.29) is 5.41 Å². The lowest BCUT2D eigenvalue weighted by Crippen LogP contribution is -2.25. The molecule has 1 unspecified atom stereocenters. The molecule has 1 saturated carbocycles. The minimum Gasteiger partial charge on any atom is -0.481 e. The molecular weight excluding hydrogens is 240 g/mol. The van der Waals surface area contributed by atoms with Crippen LogP contribution in [-0.2, 0) is 10.2 Å². The van der Waals surface area contributed by atoms with E-state index in [0.29, 0.717) is 12.1 Å². The Morgan fingerprint density at radius 2 is 1.95 bits per heavy atom. The maximum atomic E-state index is 11.6. The lowest BCUT2D eigenvalue weighted by molar-refractivity contribution is -0.141. The van der Waals surface area contributed by atoms with Crippen LogP contribution in [0.2, 0.25) is 0 Å². The van der Waals surface area contributed by atoms with E-state index in [1.807, 2.05) is 50.2 Å². The molecule has 4 nitrogen and oxygen atoms in total. The number of carboxylic acids is 1. The summed E-state index contributed by atoms with van der Waals surface area (Å²) in [4.78, 5) is 11.6. The Labute approximate surface area is 111 Å². The van der Waals surface area contributed by atoms with Gasteiger partial charge in [0.1, 0.15) is 5.41 Å². The summed E-state index contributed by atoms with van der Waals surface area (Å²) in [7, 11) is 0. The Balaban J connectivity index is 2.01. The monoisotopic (exact) mass is 256 g/mol. The van der Waals surface area contributed by atoms with Gasteiger partial charge in [0, 0.05) is 5.56 Å². The second-order valence-electron chi connectivity index (χ2n) is 5.80. The smallest absolute Gasteiger partial charge is 0.316 e. The summed E-state index contributed by atoms with van der Waals surface area (Å²) in [6.07, 6.45) is 0.645. The number of nitrogens with zero attached hydrogens (tertiary/aromatic N) is 1. The van der Waals surface area contributed by atoms with Crippen molar-refractivity contribution in [3.05, 3.63) is 42.1 Å². The van der Waals surface area contributed by atoms with Crippen molar-refractivity contribution in [3.63, 3.8) is 0 Å². The molecule has 1 aromatic heterocycles. The third-order valence-corrected chi connectivity index (χ3v) is 4.21. The normalized spacial score (nSPS) is 24.1. The molecule has 3 rings (SSSR count). The molecule has 0 amide bonds. The summed E-state index contributed by atoms with van der Waals surface area (Å²) in [6.45, 7) is 3.95. The number of aliphatic carboxylic acids is 1. The first kappa shape index (κ1) is 12.0. The molecule has 98 valence electrons. The maximum absolute atomic E-state index is 11.6. The van der Waals surface area contributed by atoms with Gasteiger partial charge in [-0.25, -0.2) is 0 Å². The zero-order chi connectivity index (χ0) is 13.7. The number of nitrogens with one attached hydrogen (secondary N) is 1. The quantitative estimate of drug-likeness (QED) is 0.887. The van der Waals surface area contributed by atoms with Crippen molar-refractivity contribution in [1.29, 1.82) is 0 Å². The average molecular weight is 256 g/mol. The number of hydrogen-bond acceptors (Lipinski definition) is 2. The molecule has 1 heterocycles. The number of carboxylic acid groups (broad SMARTS) is 1. The predicted octanol–water partition coefficient (Wildman–Crippen LogP) is 2.83. The summed E-state index contributed by atoms with van der Waals surface area (Å²) in [5, 5.41) is 16.7. The first-order valence-electron chi connectivity index (χ1n) is 6.32. The highest BCUT2D eigenvalue weighted by molar-refractivity contribution is 5.86. The molecule has 1 aliphatic rings. The summed E-state index contributed by atoms with van der Waals surface area (Å²) < 4.78 is 0. The molecule has 1 fully saturated rings. The largest absolute Gasteiger partial charge is 0.481 e. The molecule has 0 aliphatic heterocycles. The number of aromatic amines is 1. The zero-order valence-electron chi connectivity index (χ0n) is 11.0. The van der Waals surface area contributed by atoms with E-state index < -0.39 is 11.4 Å². The molecule has 0 bridgehead atoms. The van der Waals surface area contributed by atoms with Crippen LogP contribution in [0.5, 0.6) is 0 Å². The highest BCUT2D eigenvalue weighted by atomic mass is 16.4. The van der Waals surface area contributed by atoms with Gasteiger partial charge in [-0.15, -0.1) is 0 Å². The fourth-order valence-electron chi connectivity index (χ4n) is 2.86. The van der Waals surface area contributed by atoms with Crippen LogP contribution in [0.25, 0.3) is 11.3 Å². The fraction of sp³-hybridized carbons (Fsp3) is 0.333. The molecule has 2 N–H and O–H groups in total. The molecule has 2 aromatic rings. The van der Waals surface area contributed by atoms with Gasteiger partial charge < -0.3 is 5.11 Å². The molecule has 0 radical (unpaired) electrons. The van der Waals surface area contributed by atoms with Crippen LogP contribution >= 0.6 is 0 Å². The minimum atomic E-state index is -0.812. The van der Waals surface area contributed by atoms with Crippen molar-refractivity contribution in [1.82, 2.24) is 10.2 Å². The lowest BCUT2D eigenvalue weighted by atomic mass is 9.92. The Hall–Kier alpha value is -2.10. The van der Waals surface area contributed by atoms with Crippen molar-refractivity contribution in [2.75, 3.05) is 0 Å². The standard InChI is InChI=1S/C15H16N2O2/c1-14(2)9-15(14,13(18)19)12-8-11(16-17-12)10-6-4-3-5-7-10/h3-8H,9H2,1-2H3,(H,16,17)(H,18,19). The second-order valence-corrected chi connectivity index (χ2v) is 5.80. The minimum absolute atomic E-state index is 0.223. The lowest BCUT2D eigenvalue weighted by Gasteiger charge is -2.12. The van der Waals surface area contributed by atoms with Crippen molar-refractivity contribution in [3.8, 4) is 11.3 Å². The van der Waals surface area contributed by atoms with E-state index in [1.165, 1.54) is 0 Å². The van der Waals surface area contributed by atoms with Crippen LogP contribution in [0, 0.1) is 5.41 Å². The number of hydrogen-bond donors (Lipinski definition) is 2. The third kappa shape index (κ3) is 1.59. The van der Waals surface area contributed by atoms with Gasteiger partial charge in [0.25, 0.3) is 0 Å². The molecule has 1 aromatic carbocycles. The van der Waals surface area contributed by atoms with Gasteiger partial charge in [-0.05, 0) is 17.9 Å². The summed E-state index contributed by atoms with van der Waals surface area (Å²) >= 11 is 0. The van der Waals surface area contributed by atoms with Gasteiger partial charge in [-0.2, -0.15) is 5.10 Å². The molecule has 0 spiro atoms. The van der Waals surface area contributed by atoms with Gasteiger partial charge in [-0.1, -0.05) is 44.2 Å². The number of rotatable bonds is 3. The summed E-state index contributed by atoms with van der Waals surface area (Å²) in [6, 6.07) is 11.6. The van der Waals surface area contributed by atoms with Crippen LogP contribution in [0.1, 0.15) is 26.0 Å². The third-order valence-electron chi connectivity index (χ3n) is 4.21. The van der Waals surface area contributed by atoms with Crippen molar-refractivity contribution in [2.24, 2.45) is 5.41 Å². The number of benzene rings is 1. The van der Waals surface area contributed by atoms with Gasteiger partial charge in [0.05, 0.1) is 11.4 Å². The topological polar surface area (TPSA) is 66.0 Å². The first-order chi connectivity index (χ1) is 8.97. The van der Waals surface area contributed by atoms with Crippen LogP contribution in [0.4, 0.5) is 0 Å². The Morgan fingerprint density at radius 1 is 1.32 bits per heavy atom. The van der Waals surface area contributed by atoms with Crippen molar-refractivity contribution < 1.29 is 9.90 Å². The Morgan fingerprint density at radius 3 is 2.47 bits per heavy atom. The molecule has 1 aliphatic carbocycles. The number of H-pyrrole nitrogens is 1. The van der Waals surface area contributed by atoms with E-state index in [9.17, 15) is 9.90 Å². The first-order valence-corrected chi connectivity index (χ1v) is 6.32. The number of carbonyl (C=O) groups is 1. The van der Waals surface area contributed by atoms with Gasteiger partial charge in [0.2, 0.25) is 0 Å². The van der Waals surface area contributed by atoms with Crippen LogP contribution in [-0.4, -0.2) is 21.3 Å².